The highest BCUT2D eigenvalue weighted by atomic mass is 16.6. The zero-order valence-electron chi connectivity index (χ0n) is 11.6. The van der Waals surface area contributed by atoms with Crippen molar-refractivity contribution < 1.29 is 14.5 Å². The number of nitrogens with zero attached hydrogens (tertiary/aromatic N) is 1. The lowest BCUT2D eigenvalue weighted by Gasteiger charge is -2.05. The minimum Gasteiger partial charge on any atom is -0.465 e. The van der Waals surface area contributed by atoms with Crippen LogP contribution >= 0.6 is 0 Å². The number of nitrogens with one attached hydrogen (secondary N) is 1. The second kappa shape index (κ2) is 7.26. The summed E-state index contributed by atoms with van der Waals surface area (Å²) in [6.07, 6.45) is 0.617. The molecule has 0 atom stereocenters. The van der Waals surface area contributed by atoms with E-state index in [1.807, 2.05) is 7.05 Å². The van der Waals surface area contributed by atoms with Crippen LogP contribution in [0.25, 0.3) is 0 Å². The molecule has 1 N–H and O–H groups in total. The van der Waals surface area contributed by atoms with Gasteiger partial charge in [0.25, 0.3) is 5.69 Å². The summed E-state index contributed by atoms with van der Waals surface area (Å²) in [6.45, 7) is 2.24. The van der Waals surface area contributed by atoms with Gasteiger partial charge in [0.1, 0.15) is 0 Å². The average Bonchev–Trinajstić information content (AvgIpc) is 2.43. The number of ether oxygens (including phenoxy) is 1. The first kappa shape index (κ1) is 15.7. The maximum atomic E-state index is 11.6. The fourth-order valence-electron chi connectivity index (χ4n) is 1.63. The van der Waals surface area contributed by atoms with Crippen LogP contribution in [-0.4, -0.2) is 31.6 Å². The summed E-state index contributed by atoms with van der Waals surface area (Å²) in [5, 5.41) is 14.0. The van der Waals surface area contributed by atoms with Crippen molar-refractivity contribution in [1.82, 2.24) is 5.32 Å². The minimum atomic E-state index is -0.607. The van der Waals surface area contributed by atoms with E-state index in [4.69, 9.17) is 0 Å². The number of benzene rings is 1. The van der Waals surface area contributed by atoms with Crippen molar-refractivity contribution in [1.29, 1.82) is 0 Å². The maximum absolute atomic E-state index is 11.6. The highest BCUT2D eigenvalue weighted by Crippen LogP contribution is 2.24. The van der Waals surface area contributed by atoms with Gasteiger partial charge in [-0.25, -0.2) is 4.79 Å². The second-order valence-electron chi connectivity index (χ2n) is 4.07. The molecular formula is C14H16N2O4. The normalized spacial score (nSPS) is 9.55. The van der Waals surface area contributed by atoms with E-state index in [0.717, 1.165) is 6.54 Å². The number of carbonyl (C=O) groups is 1. The number of hydrogen-bond acceptors (Lipinski definition) is 5. The van der Waals surface area contributed by atoms with Gasteiger partial charge in [0.2, 0.25) is 0 Å². The van der Waals surface area contributed by atoms with Gasteiger partial charge in [-0.1, -0.05) is 11.8 Å². The summed E-state index contributed by atoms with van der Waals surface area (Å²) >= 11 is 0. The zero-order chi connectivity index (χ0) is 15.1. The summed E-state index contributed by atoms with van der Waals surface area (Å²) in [4.78, 5) is 22.1. The van der Waals surface area contributed by atoms with Crippen molar-refractivity contribution in [2.45, 2.75) is 13.3 Å². The number of esters is 1. The van der Waals surface area contributed by atoms with Gasteiger partial charge in [-0.15, -0.1) is 0 Å². The van der Waals surface area contributed by atoms with Gasteiger partial charge in [0.05, 0.1) is 17.6 Å². The van der Waals surface area contributed by atoms with E-state index in [1.54, 1.807) is 0 Å². The van der Waals surface area contributed by atoms with Gasteiger partial charge in [-0.05, 0) is 20.0 Å². The predicted molar refractivity (Wildman–Crippen MR) is 74.6 cm³/mol. The zero-order valence-corrected chi connectivity index (χ0v) is 11.6. The Labute approximate surface area is 117 Å². The largest absolute Gasteiger partial charge is 0.465 e. The summed E-state index contributed by atoms with van der Waals surface area (Å²) < 4.78 is 4.63. The SMILES string of the molecule is CNCCC#Cc1cc(C(=O)OC)c(C)c([N+](=O)[O-])c1. The lowest BCUT2D eigenvalue weighted by Crippen LogP contribution is -2.07. The van der Waals surface area contributed by atoms with Gasteiger partial charge in [-0.2, -0.15) is 0 Å². The van der Waals surface area contributed by atoms with E-state index < -0.39 is 10.9 Å². The van der Waals surface area contributed by atoms with Gasteiger partial charge in [-0.3, -0.25) is 10.1 Å². The van der Waals surface area contributed by atoms with Crippen molar-refractivity contribution in [2.75, 3.05) is 20.7 Å². The smallest absolute Gasteiger partial charge is 0.338 e. The molecular weight excluding hydrogens is 260 g/mol. The van der Waals surface area contributed by atoms with Crippen LogP contribution in [0.3, 0.4) is 0 Å². The Morgan fingerprint density at radius 1 is 1.50 bits per heavy atom. The monoisotopic (exact) mass is 276 g/mol. The molecule has 0 aliphatic heterocycles. The van der Waals surface area contributed by atoms with E-state index in [9.17, 15) is 14.9 Å². The molecule has 0 radical (unpaired) electrons. The highest BCUT2D eigenvalue weighted by molar-refractivity contribution is 5.92. The van der Waals surface area contributed by atoms with Crippen LogP contribution < -0.4 is 5.32 Å². The molecule has 0 aromatic heterocycles. The Kier molecular flexibility index (Phi) is 5.69. The van der Waals surface area contributed by atoms with Crippen molar-refractivity contribution in [3.63, 3.8) is 0 Å². The molecule has 0 fully saturated rings. The van der Waals surface area contributed by atoms with Crippen molar-refractivity contribution in [3.05, 3.63) is 38.9 Å². The number of hydrogen-bond donors (Lipinski definition) is 1. The topological polar surface area (TPSA) is 81.5 Å². The highest BCUT2D eigenvalue weighted by Gasteiger charge is 2.20. The number of carbonyl (C=O) groups excluding carboxylic acids is 1. The third-order valence-corrected chi connectivity index (χ3v) is 2.72. The van der Waals surface area contributed by atoms with E-state index in [1.165, 1.54) is 26.2 Å². The molecule has 6 nitrogen and oxygen atoms in total. The molecule has 0 heterocycles. The Morgan fingerprint density at radius 2 is 2.20 bits per heavy atom. The standard InChI is InChI=1S/C14H16N2O4/c1-10-12(14(17)20-3)8-11(6-4-5-7-15-2)9-13(10)16(18)19/h8-9,15H,5,7H2,1-3H3. The average molecular weight is 276 g/mol. The fraction of sp³-hybridized carbons (Fsp3) is 0.357. The third-order valence-electron chi connectivity index (χ3n) is 2.72. The number of nitro groups is 1. The Balaban J connectivity index is 3.25. The second-order valence-corrected chi connectivity index (χ2v) is 4.07. The summed E-state index contributed by atoms with van der Waals surface area (Å²) in [7, 11) is 3.05. The Morgan fingerprint density at radius 3 is 2.75 bits per heavy atom. The molecule has 6 heteroatoms. The van der Waals surface area contributed by atoms with Crippen LogP contribution in [0.15, 0.2) is 12.1 Å². The molecule has 1 aromatic carbocycles. The summed E-state index contributed by atoms with van der Waals surface area (Å²) in [5.74, 6) is 5.10. The molecule has 0 spiro atoms. The fourth-order valence-corrected chi connectivity index (χ4v) is 1.63. The van der Waals surface area contributed by atoms with E-state index in [0.29, 0.717) is 12.0 Å². The molecule has 0 amide bonds. The minimum absolute atomic E-state index is 0.134. The summed E-state index contributed by atoms with van der Waals surface area (Å²) in [6, 6.07) is 2.88. The van der Waals surface area contributed by atoms with Crippen LogP contribution in [0.1, 0.15) is 27.9 Å². The van der Waals surface area contributed by atoms with Crippen molar-refractivity contribution >= 4 is 11.7 Å². The molecule has 0 aliphatic rings. The molecule has 106 valence electrons. The first-order valence-electron chi connectivity index (χ1n) is 6.02. The molecule has 0 bridgehead atoms. The van der Waals surface area contributed by atoms with Crippen molar-refractivity contribution in [2.24, 2.45) is 0 Å². The number of rotatable bonds is 4. The lowest BCUT2D eigenvalue weighted by molar-refractivity contribution is -0.385. The summed E-state index contributed by atoms with van der Waals surface area (Å²) in [5.41, 5.74) is 0.742. The van der Waals surface area contributed by atoms with E-state index in [-0.39, 0.29) is 16.8 Å². The third kappa shape index (κ3) is 3.80. The first-order valence-corrected chi connectivity index (χ1v) is 6.02. The number of nitro benzene ring substituents is 1. The quantitative estimate of drug-likeness (QED) is 0.297. The van der Waals surface area contributed by atoms with Crippen LogP contribution in [0.5, 0.6) is 0 Å². The predicted octanol–water partition coefficient (Wildman–Crippen LogP) is 1.65. The number of methoxy groups -OCH3 is 1. The van der Waals surface area contributed by atoms with Crippen LogP contribution in [0.2, 0.25) is 0 Å². The molecule has 0 saturated heterocycles. The van der Waals surface area contributed by atoms with Gasteiger partial charge >= 0.3 is 5.97 Å². The van der Waals surface area contributed by atoms with Crippen molar-refractivity contribution in [3.8, 4) is 11.8 Å². The molecule has 0 unspecified atom stereocenters. The van der Waals surface area contributed by atoms with Gasteiger partial charge < -0.3 is 10.1 Å². The van der Waals surface area contributed by atoms with E-state index in [2.05, 4.69) is 21.9 Å². The lowest BCUT2D eigenvalue weighted by atomic mass is 10.0. The maximum Gasteiger partial charge on any atom is 0.338 e. The molecule has 1 aromatic rings. The molecule has 1 rings (SSSR count). The van der Waals surface area contributed by atoms with Crippen LogP contribution in [0.4, 0.5) is 5.69 Å². The Bertz CT molecular complexity index is 585. The van der Waals surface area contributed by atoms with Gasteiger partial charge in [0.15, 0.2) is 0 Å². The van der Waals surface area contributed by atoms with E-state index >= 15 is 0 Å². The molecule has 0 aliphatic carbocycles. The molecule has 0 saturated carbocycles. The van der Waals surface area contributed by atoms with Crippen LogP contribution in [-0.2, 0) is 4.74 Å². The first-order chi connectivity index (χ1) is 9.51. The van der Waals surface area contributed by atoms with Crippen LogP contribution in [0, 0.1) is 28.9 Å². The Hall–Kier alpha value is -2.39. The van der Waals surface area contributed by atoms with Gasteiger partial charge in [0, 0.05) is 30.2 Å². The molecule has 20 heavy (non-hydrogen) atoms.